The van der Waals surface area contributed by atoms with Gasteiger partial charge < -0.3 is 11.5 Å². The molecule has 0 bridgehead atoms. The zero-order chi connectivity index (χ0) is 13.4. The summed E-state index contributed by atoms with van der Waals surface area (Å²) >= 11 is 0. The van der Waals surface area contributed by atoms with Crippen molar-refractivity contribution >= 4 is 5.91 Å². The molecule has 5 heteroatoms. The van der Waals surface area contributed by atoms with E-state index in [9.17, 15) is 4.79 Å². The maximum Gasteiger partial charge on any atom is 0.231 e. The summed E-state index contributed by atoms with van der Waals surface area (Å²) in [6.07, 6.45) is 5.57. The number of hydrogen-bond acceptors (Lipinski definition) is 4. The minimum absolute atomic E-state index is 0.0204. The van der Waals surface area contributed by atoms with E-state index in [0.717, 1.165) is 24.9 Å². The Bertz CT molecular complexity index is 355. The topological polar surface area (TPSA) is 85.2 Å². The van der Waals surface area contributed by atoms with Gasteiger partial charge >= 0.3 is 0 Å². The second kappa shape index (κ2) is 7.79. The largest absolute Gasteiger partial charge is 0.369 e. The lowest BCUT2D eigenvalue weighted by molar-refractivity contribution is -0.119. The zero-order valence-corrected chi connectivity index (χ0v) is 10.9. The fourth-order valence-electron chi connectivity index (χ4n) is 1.99. The molecule has 0 aromatic carbocycles. The van der Waals surface area contributed by atoms with Gasteiger partial charge in [0.15, 0.2) is 0 Å². The highest BCUT2D eigenvalue weighted by Gasteiger charge is 2.19. The number of amides is 1. The van der Waals surface area contributed by atoms with Gasteiger partial charge in [-0.2, -0.15) is 0 Å². The van der Waals surface area contributed by atoms with Crippen LogP contribution in [0.15, 0.2) is 24.5 Å². The number of carbonyl (C=O) groups excluding carboxylic acids is 1. The van der Waals surface area contributed by atoms with Crippen LogP contribution in [0.4, 0.5) is 0 Å². The van der Waals surface area contributed by atoms with Crippen molar-refractivity contribution in [1.29, 1.82) is 0 Å². The molecule has 0 fully saturated rings. The van der Waals surface area contributed by atoms with Crippen LogP contribution in [0.3, 0.4) is 0 Å². The highest BCUT2D eigenvalue weighted by molar-refractivity contribution is 5.76. The standard InChI is InChI=1S/C13H22N4O/c1-2-3-8-17(10-13(15)18)12(9-14)11-4-6-16-7-5-11/h4-7,12H,2-3,8-10,14H2,1H3,(H2,15,18). The maximum atomic E-state index is 11.2. The lowest BCUT2D eigenvalue weighted by Crippen LogP contribution is -2.40. The maximum absolute atomic E-state index is 11.2. The average Bonchev–Trinajstić information content (AvgIpc) is 2.37. The van der Waals surface area contributed by atoms with E-state index >= 15 is 0 Å². The zero-order valence-electron chi connectivity index (χ0n) is 10.9. The third-order valence-electron chi connectivity index (χ3n) is 2.91. The highest BCUT2D eigenvalue weighted by atomic mass is 16.1. The quantitative estimate of drug-likeness (QED) is 0.710. The van der Waals surface area contributed by atoms with Gasteiger partial charge in [0, 0.05) is 25.0 Å². The van der Waals surface area contributed by atoms with E-state index in [4.69, 9.17) is 11.5 Å². The van der Waals surface area contributed by atoms with E-state index in [0.29, 0.717) is 6.54 Å². The molecule has 0 saturated carbocycles. The van der Waals surface area contributed by atoms with E-state index in [1.54, 1.807) is 12.4 Å². The number of hydrogen-bond donors (Lipinski definition) is 2. The number of carbonyl (C=O) groups is 1. The number of unbranched alkanes of at least 4 members (excludes halogenated alkanes) is 1. The summed E-state index contributed by atoms with van der Waals surface area (Å²) in [5.74, 6) is -0.321. The first-order valence-electron chi connectivity index (χ1n) is 6.31. The minimum atomic E-state index is -0.321. The summed E-state index contributed by atoms with van der Waals surface area (Å²) in [6.45, 7) is 3.64. The summed E-state index contributed by atoms with van der Waals surface area (Å²) in [7, 11) is 0. The summed E-state index contributed by atoms with van der Waals surface area (Å²) in [5, 5.41) is 0. The van der Waals surface area contributed by atoms with Gasteiger partial charge in [-0.05, 0) is 30.7 Å². The van der Waals surface area contributed by atoms with E-state index in [2.05, 4.69) is 11.9 Å². The summed E-state index contributed by atoms with van der Waals surface area (Å²) in [4.78, 5) is 17.2. The Morgan fingerprint density at radius 2 is 2.11 bits per heavy atom. The number of primary amides is 1. The highest BCUT2D eigenvalue weighted by Crippen LogP contribution is 2.19. The van der Waals surface area contributed by atoms with Gasteiger partial charge in [0.1, 0.15) is 0 Å². The molecule has 1 amide bonds. The Balaban J connectivity index is 2.82. The number of rotatable bonds is 8. The Hall–Kier alpha value is -1.46. The smallest absolute Gasteiger partial charge is 0.231 e. The van der Waals surface area contributed by atoms with Crippen molar-refractivity contribution < 1.29 is 4.79 Å². The van der Waals surface area contributed by atoms with Crippen LogP contribution in [-0.4, -0.2) is 35.4 Å². The Kier molecular flexibility index (Phi) is 6.32. The van der Waals surface area contributed by atoms with Crippen molar-refractivity contribution in [3.63, 3.8) is 0 Å². The van der Waals surface area contributed by atoms with Crippen molar-refractivity contribution in [1.82, 2.24) is 9.88 Å². The fraction of sp³-hybridized carbons (Fsp3) is 0.538. The number of nitrogens with zero attached hydrogens (tertiary/aromatic N) is 2. The van der Waals surface area contributed by atoms with Crippen molar-refractivity contribution in [2.45, 2.75) is 25.8 Å². The van der Waals surface area contributed by atoms with Crippen LogP contribution in [-0.2, 0) is 4.79 Å². The van der Waals surface area contributed by atoms with Crippen LogP contribution in [0.2, 0.25) is 0 Å². The first-order chi connectivity index (χ1) is 8.69. The molecule has 1 aromatic rings. The molecular formula is C13H22N4O. The third kappa shape index (κ3) is 4.43. The molecule has 18 heavy (non-hydrogen) atoms. The summed E-state index contributed by atoms with van der Waals surface area (Å²) < 4.78 is 0. The first kappa shape index (κ1) is 14.6. The second-order valence-electron chi connectivity index (χ2n) is 4.32. The van der Waals surface area contributed by atoms with Crippen molar-refractivity contribution in [3.05, 3.63) is 30.1 Å². The first-order valence-corrected chi connectivity index (χ1v) is 6.31. The number of nitrogens with two attached hydrogens (primary N) is 2. The van der Waals surface area contributed by atoms with Gasteiger partial charge in [-0.3, -0.25) is 14.7 Å². The molecular weight excluding hydrogens is 228 g/mol. The molecule has 0 saturated heterocycles. The Morgan fingerprint density at radius 3 is 2.61 bits per heavy atom. The summed E-state index contributed by atoms with van der Waals surface area (Å²) in [5.41, 5.74) is 12.2. The van der Waals surface area contributed by atoms with Crippen LogP contribution >= 0.6 is 0 Å². The predicted molar refractivity (Wildman–Crippen MR) is 71.7 cm³/mol. The van der Waals surface area contributed by atoms with Crippen LogP contribution in [0.5, 0.6) is 0 Å². The van der Waals surface area contributed by atoms with Crippen LogP contribution in [0.1, 0.15) is 31.4 Å². The number of pyridine rings is 1. The van der Waals surface area contributed by atoms with E-state index in [1.165, 1.54) is 0 Å². The van der Waals surface area contributed by atoms with Crippen LogP contribution < -0.4 is 11.5 Å². The normalized spacial score (nSPS) is 12.6. The van der Waals surface area contributed by atoms with Crippen LogP contribution in [0.25, 0.3) is 0 Å². The van der Waals surface area contributed by atoms with Crippen LogP contribution in [0, 0.1) is 0 Å². The molecule has 0 aliphatic carbocycles. The van der Waals surface area contributed by atoms with E-state index < -0.39 is 0 Å². The lowest BCUT2D eigenvalue weighted by Gasteiger charge is -2.30. The molecule has 1 heterocycles. The molecule has 5 nitrogen and oxygen atoms in total. The molecule has 0 aliphatic heterocycles. The molecule has 0 radical (unpaired) electrons. The molecule has 4 N–H and O–H groups in total. The van der Waals surface area contributed by atoms with E-state index in [-0.39, 0.29) is 18.5 Å². The second-order valence-corrected chi connectivity index (χ2v) is 4.32. The van der Waals surface area contributed by atoms with E-state index in [1.807, 2.05) is 17.0 Å². The average molecular weight is 250 g/mol. The molecule has 100 valence electrons. The van der Waals surface area contributed by atoms with Gasteiger partial charge in [-0.1, -0.05) is 13.3 Å². The van der Waals surface area contributed by atoms with Gasteiger partial charge in [0.25, 0.3) is 0 Å². The number of aromatic nitrogens is 1. The Morgan fingerprint density at radius 1 is 1.44 bits per heavy atom. The van der Waals surface area contributed by atoms with Crippen molar-refractivity contribution in [2.24, 2.45) is 11.5 Å². The molecule has 1 aromatic heterocycles. The molecule has 0 aliphatic rings. The lowest BCUT2D eigenvalue weighted by atomic mass is 10.1. The molecule has 0 spiro atoms. The summed E-state index contributed by atoms with van der Waals surface area (Å²) in [6, 6.07) is 3.88. The predicted octanol–water partition coefficient (Wildman–Crippen LogP) is 0.669. The van der Waals surface area contributed by atoms with Crippen molar-refractivity contribution in [3.8, 4) is 0 Å². The third-order valence-corrected chi connectivity index (χ3v) is 2.91. The SMILES string of the molecule is CCCCN(CC(N)=O)C(CN)c1ccncc1. The van der Waals surface area contributed by atoms with Crippen molar-refractivity contribution in [2.75, 3.05) is 19.6 Å². The molecule has 1 rings (SSSR count). The molecule has 1 atom stereocenters. The minimum Gasteiger partial charge on any atom is -0.369 e. The molecule has 1 unspecified atom stereocenters. The van der Waals surface area contributed by atoms with Gasteiger partial charge in [0.2, 0.25) is 5.91 Å². The van der Waals surface area contributed by atoms with Gasteiger partial charge in [-0.15, -0.1) is 0 Å². The monoisotopic (exact) mass is 250 g/mol. The Labute approximate surface area is 108 Å². The van der Waals surface area contributed by atoms with Gasteiger partial charge in [-0.25, -0.2) is 0 Å². The fourth-order valence-corrected chi connectivity index (χ4v) is 1.99. The van der Waals surface area contributed by atoms with Gasteiger partial charge in [0.05, 0.1) is 6.54 Å².